The summed E-state index contributed by atoms with van der Waals surface area (Å²) in [6.07, 6.45) is 6.63. The van der Waals surface area contributed by atoms with E-state index in [1.54, 1.807) is 146 Å². The summed E-state index contributed by atoms with van der Waals surface area (Å²) in [5.41, 5.74) is -0.922. The lowest BCUT2D eigenvalue weighted by Crippen LogP contribution is -2.40. The minimum Gasteiger partial charge on any atom is -0.457 e. The molecule has 3 aliphatic carbocycles. The topological polar surface area (TPSA) is 382 Å². The summed E-state index contributed by atoms with van der Waals surface area (Å²) < 4.78 is 5.67. The van der Waals surface area contributed by atoms with E-state index in [0.717, 1.165) is 71.0 Å². The Morgan fingerprint density at radius 1 is 0.255 bits per heavy atom. The Labute approximate surface area is 806 Å². The molecule has 0 saturated heterocycles. The molecule has 10 aromatic rings. The summed E-state index contributed by atoms with van der Waals surface area (Å²) >= 11 is 0. The molecule has 0 radical (unpaired) electrons. The van der Waals surface area contributed by atoms with E-state index in [-0.39, 0.29) is 79.5 Å². The van der Waals surface area contributed by atoms with E-state index in [4.69, 9.17) is 4.74 Å². The zero-order valence-electron chi connectivity index (χ0n) is 83.7. The number of benzene rings is 10. The van der Waals surface area contributed by atoms with Crippen molar-refractivity contribution in [3.63, 3.8) is 0 Å². The van der Waals surface area contributed by atoms with Crippen molar-refractivity contribution < 1.29 is 104 Å². The lowest BCUT2D eigenvalue weighted by molar-refractivity contribution is 0.0116. The molecule has 0 bridgehead atoms. The van der Waals surface area contributed by atoms with E-state index in [9.17, 15) is 99.0 Å². The molecule has 3 aliphatic rings. The highest BCUT2D eigenvalue weighted by Gasteiger charge is 2.49. The molecule has 0 heterocycles. The molecule has 2 unspecified atom stereocenters. The van der Waals surface area contributed by atoms with E-state index in [2.05, 4.69) is 41.5 Å². The standard InChI is InChI=1S/2C26H32O4.C21H24O4.C20H22O5.C13H16O2.C10H12O2/c1-23(2)15-26(7,18-11-8-16(9-12-18)21(27)24(3,4)29)19-13-10-17(14-20(19)23)22(28)25(5,6)30;1-23(2)15-26(7,18-11-8-16(9-12-18)21(27)24(3,4)29)20-14-17(10-13-19(20)23)22(28)25(5,6)30;1-20(2,24)18(22)16-9-5-14(6-10-16)13-15-7-11-17(12-8-15)19(23)21(3,4)25;1-19(2,23)17(21)13-5-9-15(10-6-13)25-16-11-7-14(8-12-16)18(22)20(3,4)24;14-12(11-7-3-1-4-8-11)13(15)9-5-2-6-10-13;1-10(2,12)9(11)8-6-4-3-5-7-8/h2*8-14,29-30H,15H2,1-7H3;5-12,24-25H,13H2,1-4H3;5-12,23-24H,1-4H3;1,3-4,7-8,15H,2,5-6,9-10H2;3-7,12H,1-2H3. The number of aliphatic hydroxyl groups is 10. The maximum Gasteiger partial charge on any atom is 0.194 e. The third-order valence-electron chi connectivity index (χ3n) is 24.9. The van der Waals surface area contributed by atoms with Crippen molar-refractivity contribution in [3.8, 4) is 11.5 Å². The summed E-state index contributed by atoms with van der Waals surface area (Å²) in [6.45, 7) is 39.7. The molecule has 0 aliphatic heterocycles. The van der Waals surface area contributed by atoms with Crippen LogP contribution in [0.1, 0.15) is 359 Å². The number of hydrogen-bond donors (Lipinski definition) is 10. The maximum absolute atomic E-state index is 12.7. The van der Waals surface area contributed by atoms with Crippen LogP contribution < -0.4 is 4.74 Å². The number of ether oxygens (including phenoxy) is 1. The molecule has 13 rings (SSSR count). The maximum atomic E-state index is 12.7. The zero-order valence-corrected chi connectivity index (χ0v) is 83.7. The van der Waals surface area contributed by atoms with Gasteiger partial charge in [-0.25, -0.2) is 0 Å². The smallest absolute Gasteiger partial charge is 0.194 e. The fourth-order valence-corrected chi connectivity index (χ4v) is 17.4. The molecule has 10 N–H and O–H groups in total. The molecule has 137 heavy (non-hydrogen) atoms. The minimum absolute atomic E-state index is 0.0814. The van der Waals surface area contributed by atoms with Gasteiger partial charge in [-0.15, -0.1) is 0 Å². The first-order valence-electron chi connectivity index (χ1n) is 46.2. The van der Waals surface area contributed by atoms with Gasteiger partial charge in [-0.1, -0.05) is 243 Å². The average molecular weight is 1870 g/mol. The fourth-order valence-electron chi connectivity index (χ4n) is 17.4. The summed E-state index contributed by atoms with van der Waals surface area (Å²) in [6, 6.07) is 71.3. The molecule has 10 aromatic carbocycles. The van der Waals surface area contributed by atoms with E-state index in [1.165, 1.54) is 130 Å². The van der Waals surface area contributed by atoms with E-state index in [0.29, 0.717) is 86.4 Å². The van der Waals surface area contributed by atoms with Gasteiger partial charge in [0.25, 0.3) is 0 Å². The van der Waals surface area contributed by atoms with Crippen LogP contribution in [0.5, 0.6) is 11.5 Å². The molecule has 728 valence electrons. The lowest BCUT2D eigenvalue weighted by atomic mass is 9.74. The number of fused-ring (bicyclic) bond motifs is 2. The summed E-state index contributed by atoms with van der Waals surface area (Å²) in [4.78, 5) is 121. The second-order valence-electron chi connectivity index (χ2n) is 42.8. The van der Waals surface area contributed by atoms with Crippen LogP contribution in [0.4, 0.5) is 0 Å². The van der Waals surface area contributed by atoms with Crippen LogP contribution in [0, 0.1) is 0 Å². The van der Waals surface area contributed by atoms with Crippen LogP contribution in [0.2, 0.25) is 0 Å². The van der Waals surface area contributed by atoms with E-state index >= 15 is 0 Å². The van der Waals surface area contributed by atoms with Crippen molar-refractivity contribution in [1.29, 1.82) is 0 Å². The Kier molecular flexibility index (Phi) is 34.2. The number of carbonyl (C=O) groups is 10. The lowest BCUT2D eigenvalue weighted by Gasteiger charge is -2.30. The van der Waals surface area contributed by atoms with Gasteiger partial charge >= 0.3 is 0 Å². The summed E-state index contributed by atoms with van der Waals surface area (Å²) in [5.74, 6) is -1.88. The first-order chi connectivity index (χ1) is 62.8. The highest BCUT2D eigenvalue weighted by atomic mass is 16.5. The normalized spacial score (nSPS) is 16.6. The van der Waals surface area contributed by atoms with Gasteiger partial charge < -0.3 is 55.8 Å². The monoisotopic (exact) mass is 1870 g/mol. The van der Waals surface area contributed by atoms with Crippen LogP contribution in [0.3, 0.4) is 0 Å². The van der Waals surface area contributed by atoms with E-state index in [1.807, 2.05) is 97.1 Å². The third kappa shape index (κ3) is 28.3. The molecule has 1 fully saturated rings. The largest absolute Gasteiger partial charge is 0.457 e. The third-order valence-corrected chi connectivity index (χ3v) is 24.9. The highest BCUT2D eigenvalue weighted by molar-refractivity contribution is 6.07. The molecule has 0 aromatic heterocycles. The summed E-state index contributed by atoms with van der Waals surface area (Å²) in [5, 5.41) is 99.0. The average Bonchev–Trinajstić information content (AvgIpc) is 1.57. The predicted molar refractivity (Wildman–Crippen MR) is 534 cm³/mol. The van der Waals surface area contributed by atoms with Gasteiger partial charge in [0.15, 0.2) is 57.8 Å². The molecule has 1 saturated carbocycles. The number of carbonyl (C=O) groups excluding carboxylic acids is 10. The van der Waals surface area contributed by atoms with Crippen LogP contribution in [0.15, 0.2) is 243 Å². The van der Waals surface area contributed by atoms with Gasteiger partial charge in [0.05, 0.1) is 0 Å². The Balaban J connectivity index is 0.000000206. The second kappa shape index (κ2) is 42.3. The summed E-state index contributed by atoms with van der Waals surface area (Å²) in [7, 11) is 0. The predicted octanol–water partition coefficient (Wildman–Crippen LogP) is 19.9. The van der Waals surface area contributed by atoms with Crippen LogP contribution >= 0.6 is 0 Å². The highest BCUT2D eigenvalue weighted by Crippen LogP contribution is 2.55. The zero-order chi connectivity index (χ0) is 103. The van der Waals surface area contributed by atoms with E-state index < -0.39 is 56.0 Å². The number of hydrogen-bond acceptors (Lipinski definition) is 21. The van der Waals surface area contributed by atoms with Crippen molar-refractivity contribution in [2.45, 2.75) is 295 Å². The Morgan fingerprint density at radius 2 is 0.482 bits per heavy atom. The first-order valence-corrected chi connectivity index (χ1v) is 46.2. The Hall–Kier alpha value is -11.7. The minimum atomic E-state index is -1.43. The van der Waals surface area contributed by atoms with Crippen LogP contribution in [-0.4, -0.2) is 165 Å². The van der Waals surface area contributed by atoms with Crippen LogP contribution in [-0.2, 0) is 28.1 Å². The molecule has 2 atom stereocenters. The van der Waals surface area contributed by atoms with Crippen LogP contribution in [0.25, 0.3) is 0 Å². The van der Waals surface area contributed by atoms with Crippen molar-refractivity contribution >= 4 is 57.8 Å². The first kappa shape index (κ1) is 111. The van der Waals surface area contributed by atoms with Gasteiger partial charge in [0, 0.05) is 66.5 Å². The van der Waals surface area contributed by atoms with Crippen molar-refractivity contribution in [1.82, 2.24) is 0 Å². The molecule has 21 heteroatoms. The SMILES string of the molecule is CC(C)(O)C(=O)c1ccc(C2(C)CC(C)(C)c3cc(C(=O)C(C)(C)O)ccc32)cc1.CC(C)(O)C(=O)c1ccc(C2(C)CC(C)(C)c3ccc(C(=O)C(C)(C)O)cc32)cc1.CC(C)(O)C(=O)c1ccc(Cc2ccc(C(=O)C(C)(C)O)cc2)cc1.CC(C)(O)C(=O)c1ccc(Oc2ccc(C(=O)C(C)(C)O)cc2)cc1.CC(C)(O)C(=O)c1ccccc1.O=C(c1ccccc1)C1(O)CCCCC1. The van der Waals surface area contributed by atoms with Crippen molar-refractivity contribution in [2.24, 2.45) is 0 Å². The van der Waals surface area contributed by atoms with Gasteiger partial charge in [-0.05, 0) is 273 Å². The Bertz CT molecular complexity index is 5700. The second-order valence-corrected chi connectivity index (χ2v) is 42.8. The Morgan fingerprint density at radius 3 is 0.774 bits per heavy atom. The van der Waals surface area contributed by atoms with Gasteiger partial charge in [0.1, 0.15) is 67.5 Å². The van der Waals surface area contributed by atoms with Gasteiger partial charge in [-0.3, -0.25) is 47.9 Å². The number of Topliss-reactive ketones (excluding diaryl/α,β-unsaturated/α-hetero) is 10. The van der Waals surface area contributed by atoms with Crippen molar-refractivity contribution in [2.75, 3.05) is 0 Å². The van der Waals surface area contributed by atoms with Gasteiger partial charge in [-0.2, -0.15) is 0 Å². The number of ketones is 10. The molecular weight excluding hydrogens is 1730 g/mol. The number of rotatable bonds is 26. The quantitative estimate of drug-likeness (QED) is 0.0225. The molecule has 0 spiro atoms. The fraction of sp³-hybridized carbons (Fsp3) is 0.397. The molecule has 0 amide bonds. The molecular formula is C116H138O21. The van der Waals surface area contributed by atoms with Crippen molar-refractivity contribution in [3.05, 3.63) is 343 Å². The molecule has 21 nitrogen and oxygen atoms in total. The van der Waals surface area contributed by atoms with Gasteiger partial charge in [0.2, 0.25) is 0 Å².